The highest BCUT2D eigenvalue weighted by Gasteiger charge is 2.23. The summed E-state index contributed by atoms with van der Waals surface area (Å²) in [6, 6.07) is 11.7. The zero-order valence-electron chi connectivity index (χ0n) is 12.2. The highest BCUT2D eigenvalue weighted by Crippen LogP contribution is 2.36. The maximum absolute atomic E-state index is 6.26. The first kappa shape index (κ1) is 16.3. The molecule has 0 aliphatic carbocycles. The number of para-hydroxylation sites is 2. The van der Waals surface area contributed by atoms with E-state index in [4.69, 9.17) is 15.2 Å². The fourth-order valence-corrected chi connectivity index (χ4v) is 3.54. The van der Waals surface area contributed by atoms with E-state index in [9.17, 15) is 0 Å². The van der Waals surface area contributed by atoms with Gasteiger partial charge in [0.2, 0.25) is 0 Å². The van der Waals surface area contributed by atoms with Gasteiger partial charge in [-0.15, -0.1) is 11.3 Å². The minimum atomic E-state index is -0.173. The van der Waals surface area contributed by atoms with Crippen LogP contribution in [0.15, 0.2) is 40.2 Å². The van der Waals surface area contributed by atoms with E-state index in [1.54, 1.807) is 11.3 Å². The Morgan fingerprint density at radius 3 is 2.43 bits per heavy atom. The molecule has 1 aromatic carbocycles. The normalized spacial score (nSPS) is 13.7. The predicted octanol–water partition coefficient (Wildman–Crippen LogP) is 4.77. The second-order valence-electron chi connectivity index (χ2n) is 4.63. The van der Waals surface area contributed by atoms with Crippen LogP contribution >= 0.6 is 27.3 Å². The van der Waals surface area contributed by atoms with Crippen LogP contribution in [0.5, 0.6) is 11.5 Å². The molecule has 2 N–H and O–H groups in total. The molecule has 2 atom stereocenters. The van der Waals surface area contributed by atoms with Gasteiger partial charge in [0.1, 0.15) is 6.10 Å². The second kappa shape index (κ2) is 7.82. The molecule has 3 nitrogen and oxygen atoms in total. The third-order valence-corrected chi connectivity index (χ3v) is 4.82. The van der Waals surface area contributed by atoms with Gasteiger partial charge in [0.05, 0.1) is 10.4 Å². The van der Waals surface area contributed by atoms with Crippen molar-refractivity contribution in [3.05, 3.63) is 45.1 Å². The Labute approximate surface area is 138 Å². The highest BCUT2D eigenvalue weighted by molar-refractivity contribution is 9.11. The molecule has 0 fully saturated rings. The van der Waals surface area contributed by atoms with Crippen LogP contribution in [0.25, 0.3) is 0 Å². The summed E-state index contributed by atoms with van der Waals surface area (Å²) < 4.78 is 12.9. The molecule has 1 heterocycles. The molecule has 114 valence electrons. The Morgan fingerprint density at radius 2 is 1.86 bits per heavy atom. The van der Waals surface area contributed by atoms with Crippen molar-refractivity contribution in [3.63, 3.8) is 0 Å². The molecule has 5 heteroatoms. The summed E-state index contributed by atoms with van der Waals surface area (Å²) in [7, 11) is 0. The van der Waals surface area contributed by atoms with Gasteiger partial charge < -0.3 is 15.2 Å². The third kappa shape index (κ3) is 4.22. The summed E-state index contributed by atoms with van der Waals surface area (Å²) in [5, 5.41) is 0. The van der Waals surface area contributed by atoms with Crippen LogP contribution in [0.2, 0.25) is 0 Å². The Morgan fingerprint density at radius 1 is 1.14 bits per heavy atom. The van der Waals surface area contributed by atoms with Crippen LogP contribution in [0.4, 0.5) is 0 Å². The van der Waals surface area contributed by atoms with Gasteiger partial charge in [-0.1, -0.05) is 19.1 Å². The Bertz CT molecular complexity index is 573. The molecule has 0 aliphatic heterocycles. The quantitative estimate of drug-likeness (QED) is 0.764. The van der Waals surface area contributed by atoms with Crippen molar-refractivity contribution in [3.8, 4) is 11.5 Å². The Hall–Kier alpha value is -1.04. The summed E-state index contributed by atoms with van der Waals surface area (Å²) in [5.74, 6) is 1.49. The molecule has 0 spiro atoms. The molecule has 2 rings (SSSR count). The van der Waals surface area contributed by atoms with E-state index in [0.717, 1.165) is 26.6 Å². The monoisotopic (exact) mass is 369 g/mol. The van der Waals surface area contributed by atoms with E-state index in [2.05, 4.69) is 28.9 Å². The number of benzene rings is 1. The van der Waals surface area contributed by atoms with Gasteiger partial charge in [0, 0.05) is 10.9 Å². The number of hydrogen-bond donors (Lipinski definition) is 1. The van der Waals surface area contributed by atoms with Crippen LogP contribution in [-0.4, -0.2) is 12.6 Å². The lowest BCUT2D eigenvalue weighted by atomic mass is 10.1. The Kier molecular flexibility index (Phi) is 6.08. The van der Waals surface area contributed by atoms with Crippen LogP contribution in [0.1, 0.15) is 31.2 Å². The van der Waals surface area contributed by atoms with E-state index in [1.807, 2.05) is 37.3 Å². The predicted molar refractivity (Wildman–Crippen MR) is 91.3 cm³/mol. The number of ether oxygens (including phenoxy) is 2. The van der Waals surface area contributed by atoms with Gasteiger partial charge in [-0.2, -0.15) is 0 Å². The van der Waals surface area contributed by atoms with E-state index in [-0.39, 0.29) is 12.1 Å². The maximum Gasteiger partial charge on any atom is 0.162 e. The minimum absolute atomic E-state index is 0.0646. The summed E-state index contributed by atoms with van der Waals surface area (Å²) >= 11 is 5.14. The summed E-state index contributed by atoms with van der Waals surface area (Å²) in [5.41, 5.74) is 6.26. The molecule has 0 saturated heterocycles. The van der Waals surface area contributed by atoms with E-state index < -0.39 is 0 Å². The van der Waals surface area contributed by atoms with E-state index >= 15 is 0 Å². The first-order chi connectivity index (χ1) is 10.2. The largest absolute Gasteiger partial charge is 0.490 e. The fourth-order valence-electron chi connectivity index (χ4n) is 2.01. The van der Waals surface area contributed by atoms with Crippen molar-refractivity contribution in [1.82, 2.24) is 0 Å². The van der Waals surface area contributed by atoms with Crippen molar-refractivity contribution >= 4 is 27.3 Å². The molecular formula is C16H20BrNO2S. The van der Waals surface area contributed by atoms with Gasteiger partial charge in [0.25, 0.3) is 0 Å². The minimum Gasteiger partial charge on any atom is -0.490 e. The van der Waals surface area contributed by atoms with Crippen molar-refractivity contribution in [1.29, 1.82) is 0 Å². The van der Waals surface area contributed by atoms with Gasteiger partial charge in [-0.3, -0.25) is 0 Å². The van der Waals surface area contributed by atoms with Crippen molar-refractivity contribution < 1.29 is 9.47 Å². The zero-order valence-corrected chi connectivity index (χ0v) is 14.6. The zero-order chi connectivity index (χ0) is 15.2. The topological polar surface area (TPSA) is 44.5 Å². The average Bonchev–Trinajstić information content (AvgIpc) is 2.92. The SMILES string of the molecule is CCOc1ccccc1OC(c1ccc(Br)s1)C(N)CC. The van der Waals surface area contributed by atoms with Gasteiger partial charge >= 0.3 is 0 Å². The number of halogens is 1. The molecule has 0 aliphatic rings. The first-order valence-corrected chi connectivity index (χ1v) is 8.66. The van der Waals surface area contributed by atoms with E-state index in [1.165, 1.54) is 0 Å². The lowest BCUT2D eigenvalue weighted by Crippen LogP contribution is -2.31. The van der Waals surface area contributed by atoms with Gasteiger partial charge in [0.15, 0.2) is 11.5 Å². The highest BCUT2D eigenvalue weighted by atomic mass is 79.9. The van der Waals surface area contributed by atoms with Crippen molar-refractivity contribution in [2.75, 3.05) is 6.61 Å². The third-order valence-electron chi connectivity index (χ3n) is 3.14. The van der Waals surface area contributed by atoms with Gasteiger partial charge in [-0.05, 0) is 53.5 Å². The van der Waals surface area contributed by atoms with Crippen LogP contribution in [0, 0.1) is 0 Å². The first-order valence-electron chi connectivity index (χ1n) is 7.05. The summed E-state index contributed by atoms with van der Waals surface area (Å²) in [6.07, 6.45) is 0.671. The smallest absolute Gasteiger partial charge is 0.162 e. The molecular weight excluding hydrogens is 350 g/mol. The lowest BCUT2D eigenvalue weighted by Gasteiger charge is -2.24. The second-order valence-corrected chi connectivity index (χ2v) is 7.13. The Balaban J connectivity index is 2.27. The fraction of sp³-hybridized carbons (Fsp3) is 0.375. The molecule has 1 aromatic heterocycles. The maximum atomic E-state index is 6.26. The molecule has 2 aromatic rings. The van der Waals surface area contributed by atoms with Gasteiger partial charge in [-0.25, -0.2) is 0 Å². The van der Waals surface area contributed by atoms with Crippen LogP contribution in [0.3, 0.4) is 0 Å². The van der Waals surface area contributed by atoms with Crippen molar-refractivity contribution in [2.45, 2.75) is 32.4 Å². The molecule has 21 heavy (non-hydrogen) atoms. The summed E-state index contributed by atoms with van der Waals surface area (Å²) in [6.45, 7) is 4.63. The average molecular weight is 370 g/mol. The number of nitrogens with two attached hydrogens (primary N) is 1. The van der Waals surface area contributed by atoms with E-state index in [0.29, 0.717) is 6.61 Å². The van der Waals surface area contributed by atoms with Crippen LogP contribution in [-0.2, 0) is 0 Å². The van der Waals surface area contributed by atoms with Crippen LogP contribution < -0.4 is 15.2 Å². The molecule has 0 saturated carbocycles. The van der Waals surface area contributed by atoms with Crippen molar-refractivity contribution in [2.24, 2.45) is 5.73 Å². The number of hydrogen-bond acceptors (Lipinski definition) is 4. The number of rotatable bonds is 7. The standard InChI is InChI=1S/C16H20BrNO2S/c1-3-11(18)16(14-9-10-15(17)21-14)20-13-8-6-5-7-12(13)19-4-2/h5-11,16H,3-4,18H2,1-2H3. The summed E-state index contributed by atoms with van der Waals surface area (Å²) in [4.78, 5) is 1.11. The number of thiophene rings is 1. The lowest BCUT2D eigenvalue weighted by molar-refractivity contribution is 0.165. The molecule has 0 amide bonds. The molecule has 0 bridgehead atoms. The molecule has 0 radical (unpaired) electrons. The molecule has 2 unspecified atom stereocenters.